The summed E-state index contributed by atoms with van der Waals surface area (Å²) in [5, 5.41) is 0. The van der Waals surface area contributed by atoms with Gasteiger partial charge >= 0.3 is 0 Å². The van der Waals surface area contributed by atoms with Crippen LogP contribution < -0.4 is 0 Å². The average molecular weight is 168 g/mol. The molecule has 0 aromatic carbocycles. The number of Topliss-reactive ketones (excluding diaryl/α,β-unsaturated/α-hetero) is 1. The fraction of sp³-hybridized carbons (Fsp3) is 0.900. The Morgan fingerprint density at radius 2 is 2.55 bits per heavy atom. The van der Waals surface area contributed by atoms with Crippen LogP contribution in [0.15, 0.2) is 0 Å². The third kappa shape index (κ3) is 0.605. The van der Waals surface area contributed by atoms with Gasteiger partial charge in [-0.05, 0) is 24.1 Å². The van der Waals surface area contributed by atoms with Gasteiger partial charge in [0.1, 0.15) is 5.78 Å². The molecule has 62 valence electrons. The summed E-state index contributed by atoms with van der Waals surface area (Å²) in [4.78, 5) is 12.9. The topological polar surface area (TPSA) is 17.1 Å². The van der Waals surface area contributed by atoms with Crippen LogP contribution in [0.25, 0.3) is 0 Å². The second-order valence-corrected chi connectivity index (χ2v) is 2.58. The zero-order chi connectivity index (χ0) is 22.1. The lowest BCUT2D eigenvalue weighted by molar-refractivity contribution is -0.128. The summed E-state index contributed by atoms with van der Waals surface area (Å²) in [5.74, 6) is -6.34. The van der Waals surface area contributed by atoms with Gasteiger partial charge < -0.3 is 0 Å². The zero-order valence-electron chi connectivity index (χ0n) is 21.4. The van der Waals surface area contributed by atoms with Gasteiger partial charge in [0, 0.05) is 33.7 Å². The zero-order valence-corrected chi connectivity index (χ0v) is 5.41. The van der Waals surface area contributed by atoms with Gasteiger partial charge in [-0.1, -0.05) is 20.6 Å². The highest BCUT2D eigenvalue weighted by molar-refractivity contribution is 5.89. The molecule has 2 rings (SSSR count). The highest BCUT2D eigenvalue weighted by Gasteiger charge is 2.61. The van der Waals surface area contributed by atoms with Gasteiger partial charge in [0.05, 0.1) is 0 Å². The molecule has 1 nitrogen and oxygen atoms in total. The molecular formula is C10H16O. The largest absolute Gasteiger partial charge is 0.299 e. The maximum absolute atomic E-state index is 12.9. The summed E-state index contributed by atoms with van der Waals surface area (Å²) in [6, 6.07) is 0. The molecule has 2 saturated carbocycles. The van der Waals surface area contributed by atoms with Crippen molar-refractivity contribution in [3.05, 3.63) is 0 Å². The van der Waals surface area contributed by atoms with Crippen LogP contribution in [0.3, 0.4) is 0 Å². The Morgan fingerprint density at radius 3 is 3.09 bits per heavy atom. The monoisotopic (exact) mass is 168 g/mol. The van der Waals surface area contributed by atoms with Crippen LogP contribution in [0.1, 0.15) is 61.6 Å². The fourth-order valence-corrected chi connectivity index (χ4v) is 1.09. The Hall–Kier alpha value is -0.330. The molecule has 0 aliphatic heterocycles. The molecule has 0 heterocycles. The summed E-state index contributed by atoms with van der Waals surface area (Å²) in [7, 11) is 0. The van der Waals surface area contributed by atoms with Crippen LogP contribution >= 0.6 is 0 Å². The molecule has 2 aliphatic rings. The molecule has 11 heavy (non-hydrogen) atoms. The van der Waals surface area contributed by atoms with Crippen LogP contribution in [0.5, 0.6) is 0 Å². The Morgan fingerprint density at radius 1 is 1.73 bits per heavy atom. The first-order chi connectivity index (χ1) is 11.4. The van der Waals surface area contributed by atoms with Crippen LogP contribution in [0.2, 0.25) is 0 Å². The lowest BCUT2D eigenvalue weighted by Crippen LogP contribution is -2.32. The highest BCUT2D eigenvalue weighted by atomic mass is 16.1. The summed E-state index contributed by atoms with van der Waals surface area (Å²) in [6.45, 7) is -12.3. The highest BCUT2D eigenvalue weighted by Crippen LogP contribution is 2.63. The maximum atomic E-state index is 12.9. The van der Waals surface area contributed by atoms with Crippen LogP contribution in [-0.4, -0.2) is 5.78 Å². The van der Waals surface area contributed by atoms with Crippen molar-refractivity contribution in [2.24, 2.45) is 16.7 Å². The third-order valence-corrected chi connectivity index (χ3v) is 1.89. The first-order valence-electron chi connectivity index (χ1n) is 11.0. The molecular weight excluding hydrogens is 136 g/mol. The van der Waals surface area contributed by atoms with Crippen molar-refractivity contribution >= 4 is 5.78 Å². The second-order valence-electron chi connectivity index (χ2n) is 2.58. The predicted molar refractivity (Wildman–Crippen MR) is 44.2 cm³/mol. The van der Waals surface area contributed by atoms with E-state index in [4.69, 9.17) is 21.9 Å². The van der Waals surface area contributed by atoms with Crippen molar-refractivity contribution in [3.8, 4) is 0 Å². The first-order valence-corrected chi connectivity index (χ1v) is 2.95. The number of rotatable bonds is 0. The summed E-state index contributed by atoms with van der Waals surface area (Å²) in [5.41, 5.74) is -8.34. The summed E-state index contributed by atoms with van der Waals surface area (Å²) >= 11 is 0. The van der Waals surface area contributed by atoms with Crippen LogP contribution in [-0.2, 0) is 4.79 Å². The molecule has 2 bridgehead atoms. The van der Waals surface area contributed by atoms with Gasteiger partial charge in [0.25, 0.3) is 0 Å². The van der Waals surface area contributed by atoms with Crippen molar-refractivity contribution in [2.45, 2.75) is 39.7 Å². The molecule has 1 heteroatoms. The van der Waals surface area contributed by atoms with Gasteiger partial charge in [-0.25, -0.2) is 0 Å². The van der Waals surface area contributed by atoms with Crippen molar-refractivity contribution in [1.82, 2.24) is 0 Å². The predicted octanol–water partition coefficient (Wildman–Crippen LogP) is 2.40. The van der Waals surface area contributed by atoms with Crippen LogP contribution in [0, 0.1) is 16.7 Å². The van der Waals surface area contributed by atoms with E-state index in [0.717, 1.165) is 0 Å². The molecule has 2 fully saturated rings. The SMILES string of the molecule is [2H]C([2H])([2H])C12C(=O)C([2H])([2H])C([2H])(C([2H])([2H])C1([2H])[2H])C2(C([2H])([2H])[2H])C([2H])([2H])[2H]. The first kappa shape index (κ1) is 1.30. The van der Waals surface area contributed by atoms with Crippen molar-refractivity contribution < 1.29 is 26.7 Å². The normalized spacial score (nSPS) is 92.2. The number of hydrogen-bond donors (Lipinski definition) is 0. The summed E-state index contributed by atoms with van der Waals surface area (Å²) < 4.78 is 126. The van der Waals surface area contributed by atoms with E-state index in [1.165, 1.54) is 0 Å². The van der Waals surface area contributed by atoms with Crippen LogP contribution in [0.4, 0.5) is 0 Å². The number of carbonyl (C=O) groups excluding carboxylic acids is 1. The van der Waals surface area contributed by atoms with Crippen molar-refractivity contribution in [3.63, 3.8) is 0 Å². The quantitative estimate of drug-likeness (QED) is 0.543. The van der Waals surface area contributed by atoms with Gasteiger partial charge in [0.15, 0.2) is 0 Å². The molecule has 0 radical (unpaired) electrons. The average Bonchev–Trinajstić information content (AvgIpc) is 2.57. The minimum Gasteiger partial charge on any atom is -0.299 e. The molecule has 0 saturated heterocycles. The Balaban J connectivity index is 3.40. The van der Waals surface area contributed by atoms with Crippen molar-refractivity contribution in [2.75, 3.05) is 0 Å². The van der Waals surface area contributed by atoms with Gasteiger partial charge in [-0.2, -0.15) is 0 Å². The fourth-order valence-electron chi connectivity index (χ4n) is 1.09. The molecule has 0 amide bonds. The van der Waals surface area contributed by atoms with Gasteiger partial charge in [-0.3, -0.25) is 4.79 Å². The molecule has 2 atom stereocenters. The van der Waals surface area contributed by atoms with E-state index in [1.54, 1.807) is 0 Å². The Labute approximate surface area is 90.7 Å². The maximum Gasteiger partial charge on any atom is 0.139 e. The van der Waals surface area contributed by atoms with E-state index in [0.29, 0.717) is 0 Å². The smallest absolute Gasteiger partial charge is 0.139 e. The molecule has 0 spiro atoms. The number of ketones is 1. The second kappa shape index (κ2) is 1.70. The Kier molecular flexibility index (Phi) is 0.202. The number of carbonyl (C=O) groups is 1. The lowest BCUT2D eigenvalue weighted by Gasteiger charge is -2.32. The molecule has 0 N–H and O–H groups in total. The molecule has 0 aromatic heterocycles. The van der Waals surface area contributed by atoms with E-state index in [2.05, 4.69) is 0 Å². The third-order valence-electron chi connectivity index (χ3n) is 1.89. The van der Waals surface area contributed by atoms with Gasteiger partial charge in [-0.15, -0.1) is 0 Å². The number of hydrogen-bond acceptors (Lipinski definition) is 1. The van der Waals surface area contributed by atoms with E-state index >= 15 is 0 Å². The van der Waals surface area contributed by atoms with E-state index in [1.807, 2.05) is 0 Å². The van der Waals surface area contributed by atoms with E-state index < -0.39 is 62.2 Å². The minimum atomic E-state index is -4.18. The summed E-state index contributed by atoms with van der Waals surface area (Å²) in [6.07, 6.45) is -11.9. The van der Waals surface area contributed by atoms with Gasteiger partial charge in [0.2, 0.25) is 0 Å². The lowest BCUT2D eigenvalue weighted by atomic mass is 9.70. The molecule has 2 unspecified atom stereocenters. The van der Waals surface area contributed by atoms with Crippen molar-refractivity contribution in [1.29, 1.82) is 0 Å². The van der Waals surface area contributed by atoms with E-state index in [-0.39, 0.29) is 0 Å². The minimum absolute atomic E-state index is 2.25. The standard InChI is InChI=1S/C10H16O/c1-9(2)7-4-5-10(9,3)8(11)6-7/h7H,4-6H2,1-3H3/i1D3,2D3,3D3,4D2,5D2,6D2,7D. The molecule has 0 aromatic rings. The Bertz CT molecular complexity index is 679. The van der Waals surface area contributed by atoms with E-state index in [9.17, 15) is 4.79 Å². The number of fused-ring (bicyclic) bond motifs is 2. The molecule has 2 aliphatic carbocycles.